The smallest absolute Gasteiger partial charge is 0.550 e. The van der Waals surface area contributed by atoms with Gasteiger partial charge in [-0.05, 0) is 69.2 Å². The maximum Gasteiger partial charge on any atom is 2.00 e. The summed E-state index contributed by atoms with van der Waals surface area (Å²) in [7, 11) is 0. The van der Waals surface area contributed by atoms with E-state index in [4.69, 9.17) is 122 Å². The molecule has 0 rings (SSSR count). The molecule has 0 aliphatic rings. The molecule has 59 heavy (non-hydrogen) atoms. The van der Waals surface area contributed by atoms with Crippen LogP contribution in [0.25, 0.3) is 0 Å². The molecule has 0 aromatic rings. The molecule has 0 radical (unpaired) electrons. The summed E-state index contributed by atoms with van der Waals surface area (Å²) in [4.78, 5) is 88.9. The van der Waals surface area contributed by atoms with Crippen LogP contribution >= 0.6 is 0 Å². The summed E-state index contributed by atoms with van der Waals surface area (Å²) >= 11 is 0. The van der Waals surface area contributed by atoms with Gasteiger partial charge in [0.2, 0.25) is 0 Å². The molecule has 0 aliphatic carbocycles. The molecule has 0 bridgehead atoms. The molecular formula is C28H56Cd5N6O20. The summed E-state index contributed by atoms with van der Waals surface area (Å²) in [6.07, 6.45) is 0. The van der Waals surface area contributed by atoms with E-state index in [1.807, 2.05) is 0 Å². The van der Waals surface area contributed by atoms with E-state index in [0.29, 0.717) is 26.2 Å². The molecule has 0 heterocycles. The van der Waals surface area contributed by atoms with E-state index in [-0.39, 0.29) is 136 Å². The van der Waals surface area contributed by atoms with Gasteiger partial charge in [-0.2, -0.15) is 0 Å². The van der Waals surface area contributed by atoms with Crippen molar-refractivity contribution in [1.29, 1.82) is 0 Å². The Bertz CT molecular complexity index is 660. The number of hydrogen-bond donors (Lipinski definition) is 6. The van der Waals surface area contributed by atoms with Crippen LogP contribution in [0.4, 0.5) is 0 Å². The number of nitrogens with one attached hydrogen (secondary N) is 2. The Morgan fingerprint density at radius 3 is 0.356 bits per heavy atom. The van der Waals surface area contributed by atoms with Crippen LogP contribution in [-0.2, 0) is 184 Å². The molecule has 0 aliphatic heterocycles. The summed E-state index contributed by atoms with van der Waals surface area (Å²) in [6, 6.07) is 0. The van der Waals surface area contributed by atoms with Crippen LogP contribution in [-0.4, -0.2) is 112 Å². The number of nitrogens with two attached hydrogens (primary N) is 4. The molecule has 0 aromatic heterocycles. The molecule has 10 N–H and O–H groups in total. The van der Waals surface area contributed by atoms with Gasteiger partial charge in [-0.3, -0.25) is 0 Å². The SMILES string of the molecule is CC(=O)[O-].CC(=O)[O-].CC(=O)[O-].CC(=O)[O-].CC(=O)[O-].CC(=O)[O-].CC(=O)[O-].CC(=O)[O-].CC(=O)[O-].CC(=O)[O-].NCCNCCN.NCCNCCN.[Cd+2].[Cd+2].[Cd+2].[Cd+2].[Cd+2]. The molecular weight excluding hydrogens is 1300 g/mol. The number of carbonyl (C=O) groups is 10. The summed E-state index contributed by atoms with van der Waals surface area (Å²) in [5.74, 6) is -10.8. The summed E-state index contributed by atoms with van der Waals surface area (Å²) in [5.41, 5.74) is 20.7. The second-order valence-electron chi connectivity index (χ2n) is 7.57. The van der Waals surface area contributed by atoms with Crippen molar-refractivity contribution < 1.29 is 236 Å². The molecule has 328 valence electrons. The van der Waals surface area contributed by atoms with E-state index < -0.39 is 59.7 Å². The van der Waals surface area contributed by atoms with E-state index in [0.717, 1.165) is 95.4 Å². The molecule has 0 spiro atoms. The first-order valence-corrected chi connectivity index (χ1v) is 14.1. The average Bonchev–Trinajstić information content (AvgIpc) is 2.86. The summed E-state index contributed by atoms with van der Waals surface area (Å²) in [5, 5.41) is 95.0. The van der Waals surface area contributed by atoms with E-state index in [9.17, 15) is 0 Å². The van der Waals surface area contributed by atoms with Crippen LogP contribution in [0.3, 0.4) is 0 Å². The van der Waals surface area contributed by atoms with Gasteiger partial charge >= 0.3 is 136 Å². The number of carboxylic acid groups (broad SMARTS) is 10. The maximum absolute atomic E-state index is 8.89. The maximum atomic E-state index is 8.89. The number of hydrogen-bond acceptors (Lipinski definition) is 26. The fraction of sp³-hybridized carbons (Fsp3) is 0.643. The topological polar surface area (TPSA) is 529 Å². The minimum absolute atomic E-state index is 0. The first-order valence-electron chi connectivity index (χ1n) is 14.1. The molecule has 0 saturated carbocycles. The fourth-order valence-electron chi connectivity index (χ4n) is 0.658. The minimum atomic E-state index is -1.08. The third-order valence-electron chi connectivity index (χ3n) is 1.28. The molecule has 0 aromatic carbocycles. The average molecular weight is 1360 g/mol. The number of carbonyl (C=O) groups excluding carboxylic acids is 10. The zero-order valence-electron chi connectivity index (χ0n) is 35.7. The molecule has 0 fully saturated rings. The van der Waals surface area contributed by atoms with Crippen LogP contribution in [0.1, 0.15) is 69.2 Å². The Labute approximate surface area is 445 Å². The molecule has 0 saturated heterocycles. The summed E-state index contributed by atoms with van der Waals surface area (Å²) in [6.45, 7) is 16.0. The molecule has 0 unspecified atom stereocenters. The van der Waals surface area contributed by atoms with Gasteiger partial charge in [0.25, 0.3) is 0 Å². The molecule has 26 nitrogen and oxygen atoms in total. The zero-order chi connectivity index (χ0) is 46.8. The van der Waals surface area contributed by atoms with Crippen molar-refractivity contribution in [3.05, 3.63) is 0 Å². The Balaban J connectivity index is -0.0000000217. The predicted molar refractivity (Wildman–Crippen MR) is 169 cm³/mol. The van der Waals surface area contributed by atoms with Crippen molar-refractivity contribution in [2.24, 2.45) is 22.9 Å². The van der Waals surface area contributed by atoms with Gasteiger partial charge in [0.05, 0.1) is 0 Å². The second kappa shape index (κ2) is 118. The number of rotatable bonds is 8. The Hall–Kier alpha value is -0.930. The monoisotopic (exact) mass is 1370 g/mol. The van der Waals surface area contributed by atoms with Gasteiger partial charge in [-0.1, -0.05) is 0 Å². The van der Waals surface area contributed by atoms with Crippen molar-refractivity contribution in [2.45, 2.75) is 69.2 Å². The third kappa shape index (κ3) is 3460. The second-order valence-corrected chi connectivity index (χ2v) is 7.57. The molecule has 31 heteroatoms. The van der Waals surface area contributed by atoms with Gasteiger partial charge in [-0.25, -0.2) is 0 Å². The van der Waals surface area contributed by atoms with Gasteiger partial charge in [0.1, 0.15) is 0 Å². The third-order valence-corrected chi connectivity index (χ3v) is 1.28. The zero-order valence-corrected chi connectivity index (χ0v) is 55.8. The van der Waals surface area contributed by atoms with E-state index in [1.165, 1.54) is 0 Å². The minimum Gasteiger partial charge on any atom is -0.550 e. The Morgan fingerprint density at radius 1 is 0.271 bits per heavy atom. The van der Waals surface area contributed by atoms with Crippen LogP contribution in [0, 0.1) is 0 Å². The quantitative estimate of drug-likeness (QED) is 0.0971. The number of aliphatic carboxylic acids is 10. The predicted octanol–water partition coefficient (Wildman–Crippen LogP) is -15.5. The normalized spacial score (nSPS) is 6.47. The molecule has 0 amide bonds. The largest absolute Gasteiger partial charge is 2.00 e. The Morgan fingerprint density at radius 2 is 0.322 bits per heavy atom. The van der Waals surface area contributed by atoms with Crippen LogP contribution in [0.15, 0.2) is 0 Å². The van der Waals surface area contributed by atoms with Crippen molar-refractivity contribution in [2.75, 3.05) is 52.4 Å². The standard InChI is InChI=1S/2C4H13N3.10C2H4O2.5Cd/c2*5-1-3-7-4-2-6;10*1-2(3)4;;;;;/h2*7H,1-6H2;10*1H3,(H,3,4);;;;;/q;;;;;;;;;;;;5*+2/p-10. The first-order chi connectivity index (χ1) is 24.1. The van der Waals surface area contributed by atoms with Crippen molar-refractivity contribution in [3.8, 4) is 0 Å². The van der Waals surface area contributed by atoms with Crippen LogP contribution in [0.5, 0.6) is 0 Å². The first kappa shape index (κ1) is 112. The van der Waals surface area contributed by atoms with Crippen molar-refractivity contribution >= 4 is 59.7 Å². The van der Waals surface area contributed by atoms with Crippen LogP contribution in [0.2, 0.25) is 0 Å². The molecule has 0 atom stereocenters. The van der Waals surface area contributed by atoms with Crippen molar-refractivity contribution in [3.63, 3.8) is 0 Å². The van der Waals surface area contributed by atoms with E-state index >= 15 is 0 Å². The van der Waals surface area contributed by atoms with Gasteiger partial charge in [0.15, 0.2) is 0 Å². The number of carboxylic acids is 10. The van der Waals surface area contributed by atoms with Gasteiger partial charge in [-0.15, -0.1) is 0 Å². The van der Waals surface area contributed by atoms with Crippen LogP contribution < -0.4 is 84.6 Å². The van der Waals surface area contributed by atoms with E-state index in [2.05, 4.69) is 10.6 Å². The van der Waals surface area contributed by atoms with Crippen molar-refractivity contribution in [1.82, 2.24) is 10.6 Å². The van der Waals surface area contributed by atoms with Gasteiger partial charge < -0.3 is 133 Å². The van der Waals surface area contributed by atoms with E-state index in [1.54, 1.807) is 0 Å². The Kier molecular flexibility index (Phi) is 223. The fourth-order valence-corrected chi connectivity index (χ4v) is 0.658. The van der Waals surface area contributed by atoms with Gasteiger partial charge in [0, 0.05) is 112 Å². The summed E-state index contributed by atoms with van der Waals surface area (Å²) < 4.78 is 0.